The molecule has 0 bridgehead atoms. The molecule has 0 aliphatic carbocycles. The second kappa shape index (κ2) is 11.5. The molecule has 3 N–H and O–H groups in total. The van der Waals surface area contributed by atoms with E-state index in [1.807, 2.05) is 30.0 Å². The van der Waals surface area contributed by atoms with Crippen LogP contribution in [0.2, 0.25) is 0 Å². The van der Waals surface area contributed by atoms with Crippen molar-refractivity contribution in [3.63, 3.8) is 0 Å². The molecule has 3 aromatic heterocycles. The minimum atomic E-state index is -0.769. The maximum Gasteiger partial charge on any atom is 0.321 e. The van der Waals surface area contributed by atoms with E-state index in [1.165, 1.54) is 18.4 Å². The van der Waals surface area contributed by atoms with Gasteiger partial charge in [0.25, 0.3) is 5.88 Å². The normalized spacial score (nSPS) is 14.5. The van der Waals surface area contributed by atoms with Crippen molar-refractivity contribution in [1.29, 1.82) is 0 Å². The van der Waals surface area contributed by atoms with Crippen LogP contribution in [0.25, 0.3) is 32.6 Å². The van der Waals surface area contributed by atoms with Crippen LogP contribution < -0.4 is 25.0 Å². The van der Waals surface area contributed by atoms with Crippen LogP contribution in [0.15, 0.2) is 36.7 Å². The Morgan fingerprint density at radius 3 is 2.44 bits per heavy atom. The Bertz CT molecular complexity index is 1580. The second-order valence-electron chi connectivity index (χ2n) is 9.91. The van der Waals surface area contributed by atoms with E-state index in [-0.39, 0.29) is 6.03 Å². The van der Waals surface area contributed by atoms with Crippen LogP contribution in [0.3, 0.4) is 0 Å². The van der Waals surface area contributed by atoms with Crippen molar-refractivity contribution >= 4 is 44.6 Å². The summed E-state index contributed by atoms with van der Waals surface area (Å²) in [4.78, 5) is 44.3. The van der Waals surface area contributed by atoms with Gasteiger partial charge >= 0.3 is 12.0 Å². The van der Waals surface area contributed by atoms with E-state index < -0.39 is 11.4 Å². The Hall–Kier alpha value is -4.52. The molecule has 1 saturated heterocycles. The quantitative estimate of drug-likeness (QED) is 0.269. The number of carbonyl (C=O) groups excluding carboxylic acids is 1. The fraction of sp³-hybridized carbons (Fsp3) is 0.357. The third-order valence-electron chi connectivity index (χ3n) is 7.20. The lowest BCUT2D eigenvalue weighted by molar-refractivity contribution is -0.149. The van der Waals surface area contributed by atoms with Crippen LogP contribution in [0.5, 0.6) is 11.6 Å². The van der Waals surface area contributed by atoms with Crippen molar-refractivity contribution in [2.45, 2.75) is 26.7 Å². The lowest BCUT2D eigenvalue weighted by Gasteiger charge is -2.36. The number of piperidine rings is 1. The predicted molar refractivity (Wildman–Crippen MR) is 157 cm³/mol. The molecule has 41 heavy (non-hydrogen) atoms. The van der Waals surface area contributed by atoms with Crippen LogP contribution in [-0.2, 0) is 4.79 Å². The predicted octanol–water partition coefficient (Wildman–Crippen LogP) is 4.67. The van der Waals surface area contributed by atoms with E-state index in [0.29, 0.717) is 66.4 Å². The Balaban J connectivity index is 1.51. The number of ether oxygens (including phenoxy) is 2. The van der Waals surface area contributed by atoms with Gasteiger partial charge in [0.15, 0.2) is 10.9 Å². The molecule has 0 spiro atoms. The van der Waals surface area contributed by atoms with Gasteiger partial charge in [0, 0.05) is 43.2 Å². The molecule has 1 aliphatic heterocycles. The molecule has 0 saturated carbocycles. The van der Waals surface area contributed by atoms with Gasteiger partial charge in [-0.25, -0.2) is 24.7 Å². The maximum absolute atomic E-state index is 12.2. The fourth-order valence-corrected chi connectivity index (χ4v) is 5.64. The molecule has 1 aromatic carbocycles. The Morgan fingerprint density at radius 1 is 1.07 bits per heavy atom. The van der Waals surface area contributed by atoms with Crippen LogP contribution in [0.1, 0.15) is 26.7 Å². The van der Waals surface area contributed by atoms with Crippen molar-refractivity contribution in [2.24, 2.45) is 5.41 Å². The highest BCUT2D eigenvalue weighted by molar-refractivity contribution is 7.22. The van der Waals surface area contributed by atoms with Gasteiger partial charge in [0.1, 0.15) is 0 Å². The van der Waals surface area contributed by atoms with Crippen molar-refractivity contribution in [1.82, 2.24) is 25.3 Å². The molecule has 4 aromatic rings. The zero-order valence-corrected chi connectivity index (χ0v) is 24.0. The number of nitrogens with one attached hydrogen (secondary N) is 2. The van der Waals surface area contributed by atoms with Gasteiger partial charge < -0.3 is 24.8 Å². The number of aliphatic carboxylic acids is 1. The van der Waals surface area contributed by atoms with Crippen molar-refractivity contribution in [3.05, 3.63) is 36.7 Å². The first-order valence-corrected chi connectivity index (χ1v) is 14.0. The molecule has 0 radical (unpaired) electrons. The molecule has 1 aliphatic rings. The first kappa shape index (κ1) is 28.0. The number of carbonyl (C=O) groups is 2. The summed E-state index contributed by atoms with van der Waals surface area (Å²) in [6, 6.07) is 7.22. The highest BCUT2D eigenvalue weighted by Gasteiger charge is 2.37. The molecule has 0 unspecified atom stereocenters. The molecule has 5 rings (SSSR count). The number of benzene rings is 1. The van der Waals surface area contributed by atoms with Gasteiger partial charge in [-0.2, -0.15) is 0 Å². The highest BCUT2D eigenvalue weighted by Crippen LogP contribution is 2.40. The first-order chi connectivity index (χ1) is 19.7. The summed E-state index contributed by atoms with van der Waals surface area (Å²) in [5.41, 5.74) is 3.00. The molecular formula is C28H31N7O5S. The number of methoxy groups -OCH3 is 2. The number of hydrogen-bond donors (Lipinski definition) is 3. The van der Waals surface area contributed by atoms with Crippen LogP contribution in [-0.4, -0.2) is 70.9 Å². The Morgan fingerprint density at radius 2 is 1.80 bits per heavy atom. The van der Waals surface area contributed by atoms with Crippen molar-refractivity contribution in [2.75, 3.05) is 44.1 Å². The number of hydrogen-bond acceptors (Lipinski definition) is 10. The molecule has 2 amide bonds. The molecule has 0 atom stereocenters. The number of aromatic nitrogens is 4. The number of nitrogens with zero attached hydrogens (tertiary/aromatic N) is 5. The molecule has 214 valence electrons. The number of fused-ring (bicyclic) bond motifs is 1. The summed E-state index contributed by atoms with van der Waals surface area (Å²) in [6.07, 6.45) is 4.56. The minimum absolute atomic E-state index is 0.331. The number of thiazole rings is 1. The van der Waals surface area contributed by atoms with Gasteiger partial charge in [-0.3, -0.25) is 10.1 Å². The van der Waals surface area contributed by atoms with Gasteiger partial charge in [-0.05, 0) is 56.5 Å². The molecule has 1 fully saturated rings. The largest absolute Gasteiger partial charge is 0.491 e. The maximum atomic E-state index is 12.2. The van der Waals surface area contributed by atoms with E-state index in [4.69, 9.17) is 9.47 Å². The highest BCUT2D eigenvalue weighted by atomic mass is 32.1. The lowest BCUT2D eigenvalue weighted by Crippen LogP contribution is -2.43. The van der Waals surface area contributed by atoms with E-state index in [9.17, 15) is 14.7 Å². The van der Waals surface area contributed by atoms with E-state index in [1.54, 1.807) is 32.5 Å². The monoisotopic (exact) mass is 577 g/mol. The summed E-state index contributed by atoms with van der Waals surface area (Å²) in [6.45, 7) is 5.27. The zero-order valence-electron chi connectivity index (χ0n) is 23.2. The summed E-state index contributed by atoms with van der Waals surface area (Å²) in [7, 11) is 3.09. The topological polar surface area (TPSA) is 152 Å². The van der Waals surface area contributed by atoms with E-state index in [0.717, 1.165) is 21.4 Å². The smallest absolute Gasteiger partial charge is 0.321 e. The average molecular weight is 578 g/mol. The standard InChI is InChI=1S/C28H31N7O5S/c1-5-29-26(38)34-27-33-20-13-16(12-18(22(20)41-27)19-6-7-21(39-3)23(32-19)40-4)17-14-30-25(31-15-17)35-10-8-28(2,9-11-35)24(36)37/h6-7,12-15H,5,8-11H2,1-4H3,(H,36,37)(H2,29,33,34,38). The third kappa shape index (κ3) is 5.71. The number of carboxylic acid groups (broad SMARTS) is 1. The van der Waals surface area contributed by atoms with Crippen LogP contribution >= 0.6 is 11.3 Å². The second-order valence-corrected chi connectivity index (χ2v) is 10.9. The average Bonchev–Trinajstić information content (AvgIpc) is 3.39. The lowest BCUT2D eigenvalue weighted by atomic mass is 9.80. The summed E-state index contributed by atoms with van der Waals surface area (Å²) >= 11 is 1.35. The number of pyridine rings is 1. The fourth-order valence-electron chi connectivity index (χ4n) is 4.67. The van der Waals surface area contributed by atoms with Gasteiger partial charge in [0.2, 0.25) is 5.95 Å². The summed E-state index contributed by atoms with van der Waals surface area (Å²) in [5, 5.41) is 15.5. The number of urea groups is 1. The number of carboxylic acids is 1. The SMILES string of the molecule is CCNC(=O)Nc1nc2cc(-c3cnc(N4CCC(C)(C(=O)O)CC4)nc3)cc(-c3ccc(OC)c(OC)n3)c2s1. The molecule has 13 heteroatoms. The van der Waals surface area contributed by atoms with E-state index >= 15 is 0 Å². The number of rotatable bonds is 8. The third-order valence-corrected chi connectivity index (χ3v) is 8.22. The molecule has 12 nitrogen and oxygen atoms in total. The number of anilines is 2. The summed E-state index contributed by atoms with van der Waals surface area (Å²) in [5.74, 6) is 0.653. The molecular weight excluding hydrogens is 546 g/mol. The van der Waals surface area contributed by atoms with Crippen molar-refractivity contribution < 1.29 is 24.2 Å². The van der Waals surface area contributed by atoms with Gasteiger partial charge in [0.05, 0.1) is 35.5 Å². The first-order valence-electron chi connectivity index (χ1n) is 13.1. The summed E-state index contributed by atoms with van der Waals surface area (Å²) < 4.78 is 11.6. The van der Waals surface area contributed by atoms with Crippen LogP contribution in [0.4, 0.5) is 15.9 Å². The van der Waals surface area contributed by atoms with Crippen LogP contribution in [0, 0.1) is 5.41 Å². The van der Waals surface area contributed by atoms with Crippen molar-refractivity contribution in [3.8, 4) is 34.0 Å². The van der Waals surface area contributed by atoms with Gasteiger partial charge in [-0.1, -0.05) is 11.3 Å². The Kier molecular flexibility index (Phi) is 7.88. The van der Waals surface area contributed by atoms with E-state index in [2.05, 4.69) is 30.6 Å². The zero-order chi connectivity index (χ0) is 29.1. The minimum Gasteiger partial charge on any atom is -0.491 e. The number of amides is 2. The molecule has 4 heterocycles. The Labute approximate surface area is 240 Å². The van der Waals surface area contributed by atoms with Gasteiger partial charge in [-0.15, -0.1) is 0 Å².